The summed E-state index contributed by atoms with van der Waals surface area (Å²) in [7, 11) is 0. The third kappa shape index (κ3) is 3.91. The predicted octanol–water partition coefficient (Wildman–Crippen LogP) is 2.29. The van der Waals surface area contributed by atoms with Gasteiger partial charge in [-0.25, -0.2) is 4.98 Å². The molecule has 1 unspecified atom stereocenters. The zero-order valence-electron chi connectivity index (χ0n) is 11.9. The standard InChI is InChI=1S/C16H16N2O2S/c1-11(18-16(20)15-12(2)17-10-21-15)14-7-5-13(6-8-14)4-3-9-19/h5-8,10-11,19H,9H2,1-2H3,(H,18,20). The first-order chi connectivity index (χ1) is 10.1. The lowest BCUT2D eigenvalue weighted by atomic mass is 10.1. The molecular weight excluding hydrogens is 284 g/mol. The summed E-state index contributed by atoms with van der Waals surface area (Å²) >= 11 is 1.34. The van der Waals surface area contributed by atoms with Crippen molar-refractivity contribution in [2.24, 2.45) is 0 Å². The van der Waals surface area contributed by atoms with E-state index >= 15 is 0 Å². The molecule has 4 nitrogen and oxygen atoms in total. The van der Waals surface area contributed by atoms with Gasteiger partial charge in [0.25, 0.3) is 5.91 Å². The van der Waals surface area contributed by atoms with E-state index in [0.717, 1.165) is 16.8 Å². The zero-order chi connectivity index (χ0) is 15.2. The van der Waals surface area contributed by atoms with E-state index in [1.807, 2.05) is 38.1 Å². The van der Waals surface area contributed by atoms with Crippen molar-refractivity contribution in [3.8, 4) is 11.8 Å². The number of aryl methyl sites for hydroxylation is 1. The van der Waals surface area contributed by atoms with Crippen LogP contribution in [0.3, 0.4) is 0 Å². The molecule has 2 aromatic rings. The number of aliphatic hydroxyl groups is 1. The van der Waals surface area contributed by atoms with Crippen molar-refractivity contribution in [2.75, 3.05) is 6.61 Å². The molecule has 1 atom stereocenters. The molecule has 0 fully saturated rings. The highest BCUT2D eigenvalue weighted by Crippen LogP contribution is 2.17. The molecule has 21 heavy (non-hydrogen) atoms. The lowest BCUT2D eigenvalue weighted by Crippen LogP contribution is -2.26. The maximum absolute atomic E-state index is 12.1. The largest absolute Gasteiger partial charge is 0.384 e. The molecule has 1 amide bonds. The second kappa shape index (κ2) is 7.02. The van der Waals surface area contributed by atoms with E-state index in [0.29, 0.717) is 4.88 Å². The molecule has 5 heteroatoms. The van der Waals surface area contributed by atoms with Crippen molar-refractivity contribution >= 4 is 17.2 Å². The Kier molecular flexibility index (Phi) is 5.09. The SMILES string of the molecule is Cc1ncsc1C(=O)NC(C)c1ccc(C#CCO)cc1. The molecule has 0 aliphatic rings. The number of aromatic nitrogens is 1. The molecule has 0 spiro atoms. The van der Waals surface area contributed by atoms with Gasteiger partial charge in [0.2, 0.25) is 0 Å². The summed E-state index contributed by atoms with van der Waals surface area (Å²) in [6, 6.07) is 7.49. The fraction of sp³-hybridized carbons (Fsp3) is 0.250. The first-order valence-corrected chi connectivity index (χ1v) is 7.40. The summed E-state index contributed by atoms with van der Waals surface area (Å²) < 4.78 is 0. The number of carbonyl (C=O) groups excluding carboxylic acids is 1. The highest BCUT2D eigenvalue weighted by atomic mass is 32.1. The quantitative estimate of drug-likeness (QED) is 0.855. The lowest BCUT2D eigenvalue weighted by Gasteiger charge is -2.14. The summed E-state index contributed by atoms with van der Waals surface area (Å²) in [6.07, 6.45) is 0. The normalized spacial score (nSPS) is 11.4. The smallest absolute Gasteiger partial charge is 0.263 e. The molecule has 0 saturated carbocycles. The van der Waals surface area contributed by atoms with Gasteiger partial charge in [-0.1, -0.05) is 24.0 Å². The highest BCUT2D eigenvalue weighted by molar-refractivity contribution is 7.11. The molecule has 0 saturated heterocycles. The van der Waals surface area contributed by atoms with Crippen LogP contribution in [0.25, 0.3) is 0 Å². The number of hydrogen-bond acceptors (Lipinski definition) is 4. The average Bonchev–Trinajstić information content (AvgIpc) is 2.91. The molecule has 0 bridgehead atoms. The minimum absolute atomic E-state index is 0.0983. The van der Waals surface area contributed by atoms with Gasteiger partial charge >= 0.3 is 0 Å². The fourth-order valence-corrected chi connectivity index (χ4v) is 2.57. The molecule has 0 radical (unpaired) electrons. The Hall–Kier alpha value is -2.16. The molecule has 1 heterocycles. The minimum Gasteiger partial charge on any atom is -0.384 e. The summed E-state index contributed by atoms with van der Waals surface area (Å²) in [6.45, 7) is 3.61. The van der Waals surface area contributed by atoms with Gasteiger partial charge in [-0.05, 0) is 31.5 Å². The van der Waals surface area contributed by atoms with Gasteiger partial charge in [-0.15, -0.1) is 11.3 Å². The second-order valence-corrected chi connectivity index (χ2v) is 5.40. The van der Waals surface area contributed by atoms with Gasteiger partial charge in [-0.3, -0.25) is 4.79 Å². The van der Waals surface area contributed by atoms with Crippen LogP contribution in [0.2, 0.25) is 0 Å². The van der Waals surface area contributed by atoms with Crippen molar-refractivity contribution in [2.45, 2.75) is 19.9 Å². The molecule has 2 N–H and O–H groups in total. The molecule has 1 aromatic heterocycles. The van der Waals surface area contributed by atoms with Crippen LogP contribution in [0.1, 0.15) is 39.5 Å². The first-order valence-electron chi connectivity index (χ1n) is 6.52. The van der Waals surface area contributed by atoms with E-state index in [2.05, 4.69) is 22.1 Å². The van der Waals surface area contributed by atoms with Crippen LogP contribution in [-0.2, 0) is 0 Å². The predicted molar refractivity (Wildman–Crippen MR) is 83.1 cm³/mol. The van der Waals surface area contributed by atoms with E-state index in [1.165, 1.54) is 11.3 Å². The van der Waals surface area contributed by atoms with Crippen molar-refractivity contribution in [1.82, 2.24) is 10.3 Å². The van der Waals surface area contributed by atoms with E-state index in [4.69, 9.17) is 5.11 Å². The van der Waals surface area contributed by atoms with Crippen LogP contribution in [0, 0.1) is 18.8 Å². The maximum atomic E-state index is 12.1. The molecule has 0 aliphatic heterocycles. The number of nitrogens with one attached hydrogen (secondary N) is 1. The first kappa shape index (κ1) is 15.2. The molecule has 108 valence electrons. The number of aliphatic hydroxyl groups excluding tert-OH is 1. The number of nitrogens with zero attached hydrogens (tertiary/aromatic N) is 1. The van der Waals surface area contributed by atoms with Gasteiger partial charge in [0, 0.05) is 5.56 Å². The monoisotopic (exact) mass is 300 g/mol. The minimum atomic E-state index is -0.150. The highest BCUT2D eigenvalue weighted by Gasteiger charge is 2.15. The summed E-state index contributed by atoms with van der Waals surface area (Å²) in [4.78, 5) is 16.9. The number of hydrogen-bond donors (Lipinski definition) is 2. The number of rotatable bonds is 3. The van der Waals surface area contributed by atoms with E-state index < -0.39 is 0 Å². The number of benzene rings is 1. The Balaban J connectivity index is 2.05. The summed E-state index contributed by atoms with van der Waals surface area (Å²) in [5, 5.41) is 11.6. The van der Waals surface area contributed by atoms with Crippen LogP contribution in [0.4, 0.5) is 0 Å². The van der Waals surface area contributed by atoms with Gasteiger partial charge < -0.3 is 10.4 Å². The summed E-state index contributed by atoms with van der Waals surface area (Å²) in [5.41, 5.74) is 4.26. The van der Waals surface area contributed by atoms with E-state index in [-0.39, 0.29) is 18.6 Å². The Morgan fingerprint density at radius 2 is 2.14 bits per heavy atom. The average molecular weight is 300 g/mol. The van der Waals surface area contributed by atoms with Gasteiger partial charge in [0.15, 0.2) is 0 Å². The maximum Gasteiger partial charge on any atom is 0.263 e. The Morgan fingerprint density at radius 3 is 2.71 bits per heavy atom. The molecule has 0 aliphatic carbocycles. The number of carbonyl (C=O) groups is 1. The second-order valence-electron chi connectivity index (χ2n) is 4.54. The van der Waals surface area contributed by atoms with Gasteiger partial charge in [0.05, 0.1) is 17.2 Å². The van der Waals surface area contributed by atoms with Crippen molar-refractivity contribution < 1.29 is 9.90 Å². The van der Waals surface area contributed by atoms with Crippen LogP contribution in [0.5, 0.6) is 0 Å². The van der Waals surface area contributed by atoms with Crippen LogP contribution >= 0.6 is 11.3 Å². The zero-order valence-corrected chi connectivity index (χ0v) is 12.7. The topological polar surface area (TPSA) is 62.2 Å². The van der Waals surface area contributed by atoms with E-state index in [9.17, 15) is 4.79 Å². The van der Waals surface area contributed by atoms with Crippen LogP contribution < -0.4 is 5.32 Å². The lowest BCUT2D eigenvalue weighted by molar-refractivity contribution is 0.0943. The number of thiazole rings is 1. The Bertz CT molecular complexity index is 680. The molecule has 2 rings (SSSR count). The van der Waals surface area contributed by atoms with Gasteiger partial charge in [0.1, 0.15) is 11.5 Å². The van der Waals surface area contributed by atoms with Gasteiger partial charge in [-0.2, -0.15) is 0 Å². The van der Waals surface area contributed by atoms with Crippen LogP contribution in [0.15, 0.2) is 29.8 Å². The third-order valence-electron chi connectivity index (χ3n) is 3.02. The van der Waals surface area contributed by atoms with Crippen molar-refractivity contribution in [3.05, 3.63) is 51.5 Å². The fourth-order valence-electron chi connectivity index (χ4n) is 1.86. The van der Waals surface area contributed by atoms with E-state index in [1.54, 1.807) is 5.51 Å². The Morgan fingerprint density at radius 1 is 1.43 bits per heavy atom. The molecule has 1 aromatic carbocycles. The molecular formula is C16H16N2O2S. The number of amides is 1. The van der Waals surface area contributed by atoms with Crippen molar-refractivity contribution in [3.63, 3.8) is 0 Å². The Labute approximate surface area is 127 Å². The van der Waals surface area contributed by atoms with Crippen molar-refractivity contribution in [1.29, 1.82) is 0 Å². The third-order valence-corrected chi connectivity index (χ3v) is 3.95. The van der Waals surface area contributed by atoms with Crippen LogP contribution in [-0.4, -0.2) is 22.6 Å². The summed E-state index contributed by atoms with van der Waals surface area (Å²) in [5.74, 6) is 5.33.